The molecule has 1 amide bonds. The lowest BCUT2D eigenvalue weighted by atomic mass is 10.0. The highest BCUT2D eigenvalue weighted by atomic mass is 16.6. The van der Waals surface area contributed by atoms with Crippen LogP contribution < -0.4 is 5.32 Å². The molecule has 1 aromatic carbocycles. The van der Waals surface area contributed by atoms with Crippen LogP contribution in [0, 0.1) is 0 Å². The Morgan fingerprint density at radius 3 is 2.68 bits per heavy atom. The summed E-state index contributed by atoms with van der Waals surface area (Å²) in [6, 6.07) is 8.61. The summed E-state index contributed by atoms with van der Waals surface area (Å²) < 4.78 is 10.4. The van der Waals surface area contributed by atoms with Crippen molar-refractivity contribution in [2.45, 2.75) is 57.6 Å². The van der Waals surface area contributed by atoms with Crippen LogP contribution in [0.2, 0.25) is 0 Å². The number of unbranched alkanes of at least 4 members (excludes halogenated alkanes) is 1. The van der Waals surface area contributed by atoms with Crippen LogP contribution in [0.5, 0.6) is 0 Å². The molecule has 6 heteroatoms. The fourth-order valence-corrected chi connectivity index (χ4v) is 2.71. The van der Waals surface area contributed by atoms with Crippen molar-refractivity contribution in [3.8, 4) is 0 Å². The van der Waals surface area contributed by atoms with Gasteiger partial charge in [-0.2, -0.15) is 0 Å². The third-order valence-corrected chi connectivity index (χ3v) is 4.12. The largest absolute Gasteiger partial charge is 0.454 e. The van der Waals surface area contributed by atoms with Crippen molar-refractivity contribution < 1.29 is 23.9 Å². The van der Waals surface area contributed by atoms with E-state index in [-0.39, 0.29) is 12.2 Å². The standard InChI is InChI=1S/C19H25NO5/c1-2-3-12-24-19(23)20-15(14-8-5-4-6-9-14)13-18(22)25-17-11-7-10-16(17)21/h4-6,8-9,15,17H,2-3,7,10-13H2,1H3,(H,20,23). The van der Waals surface area contributed by atoms with Gasteiger partial charge in [0.05, 0.1) is 19.1 Å². The molecule has 0 aliphatic heterocycles. The fraction of sp³-hybridized carbons (Fsp3) is 0.526. The third-order valence-electron chi connectivity index (χ3n) is 4.12. The monoisotopic (exact) mass is 347 g/mol. The molecule has 0 heterocycles. The molecule has 1 N–H and O–H groups in total. The number of benzene rings is 1. The number of carbonyl (C=O) groups is 3. The van der Waals surface area contributed by atoms with Gasteiger partial charge in [-0.1, -0.05) is 43.7 Å². The summed E-state index contributed by atoms with van der Waals surface area (Å²) in [6.07, 6.45) is 2.26. The van der Waals surface area contributed by atoms with Crippen LogP contribution in [0.1, 0.15) is 57.1 Å². The topological polar surface area (TPSA) is 81.7 Å². The Labute approximate surface area is 147 Å². The van der Waals surface area contributed by atoms with Crippen LogP contribution >= 0.6 is 0 Å². The van der Waals surface area contributed by atoms with E-state index in [1.54, 1.807) is 0 Å². The molecule has 0 aromatic heterocycles. The number of amides is 1. The van der Waals surface area contributed by atoms with Gasteiger partial charge in [-0.15, -0.1) is 0 Å². The summed E-state index contributed by atoms with van der Waals surface area (Å²) in [5.74, 6) is -0.528. The first-order chi connectivity index (χ1) is 12.1. The molecule has 2 unspecified atom stereocenters. The van der Waals surface area contributed by atoms with E-state index in [1.165, 1.54) is 0 Å². The minimum Gasteiger partial charge on any atom is -0.454 e. The van der Waals surface area contributed by atoms with Gasteiger partial charge in [0, 0.05) is 6.42 Å². The average Bonchev–Trinajstić information content (AvgIpc) is 3.00. The van der Waals surface area contributed by atoms with E-state index in [1.807, 2.05) is 37.3 Å². The molecule has 1 aromatic rings. The molecule has 0 bridgehead atoms. The number of ether oxygens (including phenoxy) is 2. The quantitative estimate of drug-likeness (QED) is 0.576. The molecule has 1 saturated carbocycles. The highest BCUT2D eigenvalue weighted by Gasteiger charge is 2.29. The summed E-state index contributed by atoms with van der Waals surface area (Å²) in [6.45, 7) is 2.35. The van der Waals surface area contributed by atoms with Crippen molar-refractivity contribution in [3.05, 3.63) is 35.9 Å². The lowest BCUT2D eigenvalue weighted by Crippen LogP contribution is -2.32. The zero-order valence-electron chi connectivity index (χ0n) is 14.5. The van der Waals surface area contributed by atoms with Crippen LogP contribution in [0.4, 0.5) is 4.79 Å². The molecule has 6 nitrogen and oxygen atoms in total. The van der Waals surface area contributed by atoms with Gasteiger partial charge in [-0.3, -0.25) is 9.59 Å². The number of esters is 1. The molecule has 0 radical (unpaired) electrons. The molecule has 2 atom stereocenters. The molecule has 0 spiro atoms. The lowest BCUT2D eigenvalue weighted by molar-refractivity contribution is -0.154. The van der Waals surface area contributed by atoms with Crippen molar-refractivity contribution in [2.75, 3.05) is 6.61 Å². The summed E-state index contributed by atoms with van der Waals surface area (Å²) in [5, 5.41) is 2.71. The second-order valence-electron chi connectivity index (χ2n) is 6.14. The first-order valence-corrected chi connectivity index (χ1v) is 8.80. The fourth-order valence-electron chi connectivity index (χ4n) is 2.71. The minimum atomic E-state index is -0.638. The van der Waals surface area contributed by atoms with E-state index in [4.69, 9.17) is 9.47 Å². The first kappa shape index (κ1) is 19.0. The Morgan fingerprint density at radius 1 is 1.28 bits per heavy atom. The van der Waals surface area contributed by atoms with E-state index in [2.05, 4.69) is 5.32 Å². The Balaban J connectivity index is 1.95. The summed E-state index contributed by atoms with van der Waals surface area (Å²) in [7, 11) is 0. The molecule has 2 rings (SSSR count). The number of hydrogen-bond donors (Lipinski definition) is 1. The predicted octanol–water partition coefficient (Wildman–Crippen LogP) is 3.31. The number of rotatable bonds is 8. The SMILES string of the molecule is CCCCOC(=O)NC(CC(=O)OC1CCCC1=O)c1ccccc1. The van der Waals surface area contributed by atoms with Crippen molar-refractivity contribution in [2.24, 2.45) is 0 Å². The van der Waals surface area contributed by atoms with Crippen molar-refractivity contribution >= 4 is 17.8 Å². The number of alkyl carbamates (subject to hydrolysis) is 1. The number of carbonyl (C=O) groups excluding carboxylic acids is 3. The van der Waals surface area contributed by atoms with Gasteiger partial charge in [-0.25, -0.2) is 4.79 Å². The molecule has 1 aliphatic rings. The molecule has 1 fully saturated rings. The smallest absolute Gasteiger partial charge is 0.407 e. The Morgan fingerprint density at radius 2 is 2.04 bits per heavy atom. The van der Waals surface area contributed by atoms with E-state index >= 15 is 0 Å². The average molecular weight is 347 g/mol. The van der Waals surface area contributed by atoms with Gasteiger partial charge < -0.3 is 14.8 Å². The number of hydrogen-bond acceptors (Lipinski definition) is 5. The van der Waals surface area contributed by atoms with Crippen molar-refractivity contribution in [1.29, 1.82) is 0 Å². The van der Waals surface area contributed by atoms with E-state index in [0.717, 1.165) is 24.8 Å². The minimum absolute atomic E-state index is 0.0310. The lowest BCUT2D eigenvalue weighted by Gasteiger charge is -2.19. The van der Waals surface area contributed by atoms with Gasteiger partial charge in [0.2, 0.25) is 0 Å². The van der Waals surface area contributed by atoms with Crippen LogP contribution in [0.3, 0.4) is 0 Å². The highest BCUT2D eigenvalue weighted by Crippen LogP contribution is 2.21. The van der Waals surface area contributed by atoms with Gasteiger partial charge in [0.25, 0.3) is 0 Å². The Bertz CT molecular complexity index is 587. The van der Waals surface area contributed by atoms with Gasteiger partial charge >= 0.3 is 12.1 Å². The van der Waals surface area contributed by atoms with Gasteiger partial charge in [0.15, 0.2) is 11.9 Å². The maximum atomic E-state index is 12.2. The van der Waals surface area contributed by atoms with Gasteiger partial charge in [-0.05, 0) is 24.8 Å². The van der Waals surface area contributed by atoms with Crippen molar-refractivity contribution in [1.82, 2.24) is 5.32 Å². The molecule has 1 aliphatic carbocycles. The molecular formula is C19H25NO5. The zero-order chi connectivity index (χ0) is 18.1. The second-order valence-corrected chi connectivity index (χ2v) is 6.14. The molecular weight excluding hydrogens is 322 g/mol. The van der Waals surface area contributed by atoms with Crippen LogP contribution in [0.15, 0.2) is 30.3 Å². The van der Waals surface area contributed by atoms with Crippen LogP contribution in [-0.2, 0) is 19.1 Å². The number of ketones is 1. The number of nitrogens with one attached hydrogen (secondary N) is 1. The predicted molar refractivity (Wildman–Crippen MR) is 91.9 cm³/mol. The summed E-state index contributed by atoms with van der Waals surface area (Å²) >= 11 is 0. The van der Waals surface area contributed by atoms with E-state index < -0.39 is 24.2 Å². The van der Waals surface area contributed by atoms with Crippen LogP contribution in [0.25, 0.3) is 0 Å². The zero-order valence-corrected chi connectivity index (χ0v) is 14.5. The molecule has 25 heavy (non-hydrogen) atoms. The highest BCUT2D eigenvalue weighted by molar-refractivity contribution is 5.87. The molecule has 0 saturated heterocycles. The van der Waals surface area contributed by atoms with E-state index in [9.17, 15) is 14.4 Å². The maximum absolute atomic E-state index is 12.2. The van der Waals surface area contributed by atoms with Crippen molar-refractivity contribution in [3.63, 3.8) is 0 Å². The third kappa shape index (κ3) is 6.21. The number of Topliss-reactive ketones (excluding diaryl/α,β-unsaturated/α-hetero) is 1. The summed E-state index contributed by atoms with van der Waals surface area (Å²) in [4.78, 5) is 35.8. The van der Waals surface area contributed by atoms with E-state index in [0.29, 0.717) is 19.4 Å². The second kappa shape index (κ2) is 9.81. The summed E-state index contributed by atoms with van der Waals surface area (Å²) in [5.41, 5.74) is 0.782. The van der Waals surface area contributed by atoms with Crippen LogP contribution in [-0.4, -0.2) is 30.6 Å². The Hall–Kier alpha value is -2.37. The normalized spacial score (nSPS) is 17.8. The maximum Gasteiger partial charge on any atom is 0.407 e. The Kier molecular flexibility index (Phi) is 7.44. The first-order valence-electron chi connectivity index (χ1n) is 8.80. The van der Waals surface area contributed by atoms with Gasteiger partial charge in [0.1, 0.15) is 0 Å². The molecule has 136 valence electrons.